The molecule has 1 amide bonds. The summed E-state index contributed by atoms with van der Waals surface area (Å²) in [4.78, 5) is 18.0. The average molecular weight is 388 g/mol. The van der Waals surface area contributed by atoms with Crippen LogP contribution in [0.25, 0.3) is 11.4 Å². The number of benzene rings is 2. The monoisotopic (exact) mass is 388 g/mol. The van der Waals surface area contributed by atoms with E-state index in [1.165, 1.54) is 6.33 Å². The van der Waals surface area contributed by atoms with E-state index < -0.39 is 0 Å². The molecule has 2 aromatic heterocycles. The van der Waals surface area contributed by atoms with Crippen molar-refractivity contribution in [1.29, 1.82) is 0 Å². The molecule has 0 fully saturated rings. The van der Waals surface area contributed by atoms with Gasteiger partial charge >= 0.3 is 0 Å². The lowest BCUT2D eigenvalue weighted by Gasteiger charge is -2.07. The Morgan fingerprint density at radius 2 is 1.83 bits per heavy atom. The van der Waals surface area contributed by atoms with Gasteiger partial charge in [0.1, 0.15) is 12.7 Å². The third-order valence-electron chi connectivity index (χ3n) is 4.32. The first-order valence-corrected chi connectivity index (χ1v) is 9.21. The minimum atomic E-state index is -0.181. The molecule has 0 spiro atoms. The Balaban J connectivity index is 1.40. The Labute approximate surface area is 167 Å². The SMILES string of the molecule is CC(C)n1nnc(-c2ccc(C(=O)Nc3ccc(Cn4cncn4)cc3)cc2)n1. The zero-order valence-electron chi connectivity index (χ0n) is 16.1. The number of carbonyl (C=O) groups is 1. The van der Waals surface area contributed by atoms with Crippen LogP contribution >= 0.6 is 0 Å². The summed E-state index contributed by atoms with van der Waals surface area (Å²) in [6, 6.07) is 14.9. The molecule has 0 bridgehead atoms. The van der Waals surface area contributed by atoms with Crippen molar-refractivity contribution >= 4 is 11.6 Å². The lowest BCUT2D eigenvalue weighted by atomic mass is 10.1. The quantitative estimate of drug-likeness (QED) is 0.545. The van der Waals surface area contributed by atoms with Gasteiger partial charge in [0.15, 0.2) is 0 Å². The topological polar surface area (TPSA) is 103 Å². The molecule has 0 radical (unpaired) electrons. The second-order valence-electron chi connectivity index (χ2n) is 6.85. The van der Waals surface area contributed by atoms with Gasteiger partial charge in [-0.25, -0.2) is 9.67 Å². The van der Waals surface area contributed by atoms with Crippen LogP contribution in [0.5, 0.6) is 0 Å². The van der Waals surface area contributed by atoms with Crippen LogP contribution in [0.15, 0.2) is 61.2 Å². The van der Waals surface area contributed by atoms with Crippen molar-refractivity contribution in [2.75, 3.05) is 5.32 Å². The van der Waals surface area contributed by atoms with Crippen molar-refractivity contribution in [1.82, 2.24) is 35.0 Å². The summed E-state index contributed by atoms with van der Waals surface area (Å²) in [7, 11) is 0. The van der Waals surface area contributed by atoms with Crippen LogP contribution in [-0.2, 0) is 6.54 Å². The fraction of sp³-hybridized carbons (Fsp3) is 0.200. The van der Waals surface area contributed by atoms with Gasteiger partial charge in [-0.15, -0.1) is 10.2 Å². The fourth-order valence-electron chi connectivity index (χ4n) is 2.73. The van der Waals surface area contributed by atoms with Crippen molar-refractivity contribution in [3.05, 3.63) is 72.3 Å². The highest BCUT2D eigenvalue weighted by Gasteiger charge is 2.10. The highest BCUT2D eigenvalue weighted by atomic mass is 16.1. The summed E-state index contributed by atoms with van der Waals surface area (Å²) in [5, 5.41) is 19.4. The van der Waals surface area contributed by atoms with E-state index >= 15 is 0 Å². The van der Waals surface area contributed by atoms with Gasteiger partial charge in [-0.3, -0.25) is 4.79 Å². The molecule has 2 heterocycles. The third-order valence-corrected chi connectivity index (χ3v) is 4.32. The lowest BCUT2D eigenvalue weighted by molar-refractivity contribution is 0.102. The number of rotatable bonds is 6. The summed E-state index contributed by atoms with van der Waals surface area (Å²) < 4.78 is 1.74. The van der Waals surface area contributed by atoms with Crippen LogP contribution in [-0.4, -0.2) is 40.9 Å². The maximum Gasteiger partial charge on any atom is 0.255 e. The first kappa shape index (κ1) is 18.5. The highest BCUT2D eigenvalue weighted by Crippen LogP contribution is 2.17. The zero-order chi connectivity index (χ0) is 20.2. The van der Waals surface area contributed by atoms with Crippen molar-refractivity contribution in [3.8, 4) is 11.4 Å². The number of aromatic nitrogens is 7. The predicted octanol–water partition coefficient (Wildman–Crippen LogP) is 2.81. The maximum atomic E-state index is 12.5. The van der Waals surface area contributed by atoms with Gasteiger partial charge in [0, 0.05) is 16.8 Å². The van der Waals surface area contributed by atoms with Crippen molar-refractivity contribution in [3.63, 3.8) is 0 Å². The molecule has 4 aromatic rings. The van der Waals surface area contributed by atoms with E-state index in [1.807, 2.05) is 50.2 Å². The van der Waals surface area contributed by atoms with E-state index in [4.69, 9.17) is 0 Å². The highest BCUT2D eigenvalue weighted by molar-refractivity contribution is 6.04. The Hall–Kier alpha value is -3.88. The molecule has 0 atom stereocenters. The second-order valence-corrected chi connectivity index (χ2v) is 6.85. The lowest BCUT2D eigenvalue weighted by Crippen LogP contribution is -2.11. The van der Waals surface area contributed by atoms with Crippen LogP contribution < -0.4 is 5.32 Å². The van der Waals surface area contributed by atoms with Gasteiger partial charge in [0.05, 0.1) is 12.6 Å². The number of nitrogens with one attached hydrogen (secondary N) is 1. The molecular weight excluding hydrogens is 368 g/mol. The summed E-state index contributed by atoms with van der Waals surface area (Å²) in [5.41, 5.74) is 3.16. The number of tetrazole rings is 1. The molecule has 0 saturated heterocycles. The van der Waals surface area contributed by atoms with Gasteiger partial charge in [-0.1, -0.05) is 24.3 Å². The van der Waals surface area contributed by atoms with E-state index in [1.54, 1.807) is 27.9 Å². The standard InChI is InChI=1S/C20H20N8O/c1-14(2)28-25-19(24-26-28)16-5-7-17(8-6-16)20(29)23-18-9-3-15(4-10-18)11-27-13-21-12-22-27/h3-10,12-14H,11H2,1-2H3,(H,23,29). The third kappa shape index (κ3) is 4.34. The molecular formula is C20H20N8O. The van der Waals surface area contributed by atoms with E-state index in [0.29, 0.717) is 17.9 Å². The normalized spacial score (nSPS) is 11.0. The maximum absolute atomic E-state index is 12.5. The van der Waals surface area contributed by atoms with Crippen LogP contribution in [0.2, 0.25) is 0 Å². The number of anilines is 1. The van der Waals surface area contributed by atoms with Crippen LogP contribution in [0, 0.1) is 0 Å². The minimum Gasteiger partial charge on any atom is -0.322 e. The molecule has 0 aliphatic rings. The number of hydrogen-bond donors (Lipinski definition) is 1. The smallest absolute Gasteiger partial charge is 0.255 e. The van der Waals surface area contributed by atoms with Crippen LogP contribution in [0.4, 0.5) is 5.69 Å². The summed E-state index contributed by atoms with van der Waals surface area (Å²) in [5.74, 6) is 0.355. The molecule has 0 aliphatic carbocycles. The fourth-order valence-corrected chi connectivity index (χ4v) is 2.73. The molecule has 0 aliphatic heterocycles. The molecule has 2 aromatic carbocycles. The first-order chi connectivity index (χ1) is 14.1. The molecule has 9 heteroatoms. The van der Waals surface area contributed by atoms with E-state index in [-0.39, 0.29) is 11.9 Å². The molecule has 4 rings (SSSR count). The minimum absolute atomic E-state index is 0.143. The molecule has 9 nitrogen and oxygen atoms in total. The summed E-state index contributed by atoms with van der Waals surface area (Å²) >= 11 is 0. The Morgan fingerprint density at radius 1 is 1.07 bits per heavy atom. The van der Waals surface area contributed by atoms with E-state index in [0.717, 1.165) is 16.8 Å². The van der Waals surface area contributed by atoms with Gasteiger partial charge in [0.25, 0.3) is 5.91 Å². The van der Waals surface area contributed by atoms with Gasteiger partial charge in [0.2, 0.25) is 5.82 Å². The Morgan fingerprint density at radius 3 is 2.45 bits per heavy atom. The van der Waals surface area contributed by atoms with Crippen molar-refractivity contribution in [2.45, 2.75) is 26.4 Å². The predicted molar refractivity (Wildman–Crippen MR) is 107 cm³/mol. The van der Waals surface area contributed by atoms with E-state index in [2.05, 4.69) is 30.8 Å². The van der Waals surface area contributed by atoms with E-state index in [9.17, 15) is 4.79 Å². The largest absolute Gasteiger partial charge is 0.322 e. The van der Waals surface area contributed by atoms with Crippen molar-refractivity contribution < 1.29 is 4.79 Å². The van der Waals surface area contributed by atoms with Gasteiger partial charge < -0.3 is 5.32 Å². The average Bonchev–Trinajstić information content (AvgIpc) is 3.42. The molecule has 146 valence electrons. The summed E-state index contributed by atoms with van der Waals surface area (Å²) in [6.07, 6.45) is 3.17. The summed E-state index contributed by atoms with van der Waals surface area (Å²) in [6.45, 7) is 4.60. The molecule has 29 heavy (non-hydrogen) atoms. The van der Waals surface area contributed by atoms with Gasteiger partial charge in [-0.2, -0.15) is 9.90 Å². The van der Waals surface area contributed by atoms with Crippen LogP contribution in [0.3, 0.4) is 0 Å². The molecule has 1 N–H and O–H groups in total. The number of carbonyl (C=O) groups excluding carboxylic acids is 1. The zero-order valence-corrected chi connectivity index (χ0v) is 16.1. The van der Waals surface area contributed by atoms with Gasteiger partial charge in [-0.05, 0) is 48.9 Å². The Bertz CT molecular complexity index is 1080. The molecule has 0 unspecified atom stereocenters. The number of amides is 1. The molecule has 0 saturated carbocycles. The first-order valence-electron chi connectivity index (χ1n) is 9.21. The Kier molecular flexibility index (Phi) is 5.10. The van der Waals surface area contributed by atoms with Crippen LogP contribution in [0.1, 0.15) is 35.8 Å². The number of nitrogens with zero attached hydrogens (tertiary/aromatic N) is 7. The van der Waals surface area contributed by atoms with Crippen molar-refractivity contribution in [2.24, 2.45) is 0 Å². The second kappa shape index (κ2) is 8.01. The number of hydrogen-bond acceptors (Lipinski definition) is 6.